The molecule has 1 fully saturated rings. The van der Waals surface area contributed by atoms with Crippen molar-refractivity contribution in [3.05, 3.63) is 0 Å². The van der Waals surface area contributed by atoms with Crippen LogP contribution in [0.2, 0.25) is 0 Å². The molecule has 0 saturated carbocycles. The Morgan fingerprint density at radius 2 is 2.19 bits per heavy atom. The van der Waals surface area contributed by atoms with Crippen LogP contribution in [0.1, 0.15) is 33.6 Å². The van der Waals surface area contributed by atoms with Crippen LogP contribution in [-0.4, -0.2) is 42.0 Å². The Morgan fingerprint density at radius 1 is 1.50 bits per heavy atom. The summed E-state index contributed by atoms with van der Waals surface area (Å²) < 4.78 is 5.62. The molecule has 2 unspecified atom stereocenters. The summed E-state index contributed by atoms with van der Waals surface area (Å²) >= 11 is 5.78. The van der Waals surface area contributed by atoms with Crippen LogP contribution in [0, 0.1) is 5.92 Å². The van der Waals surface area contributed by atoms with E-state index in [4.69, 9.17) is 16.3 Å². The van der Waals surface area contributed by atoms with E-state index in [2.05, 4.69) is 13.8 Å². The highest BCUT2D eigenvalue weighted by Gasteiger charge is 2.27. The number of hydrogen-bond acceptors (Lipinski definition) is 2. The standard InChI is InChI=1S/C12H22ClNO2/c1-9(2)4-5-12(15)14-7-10(3)16-11(6-13)8-14/h9-11H,4-8H2,1-3H3. The third kappa shape index (κ3) is 4.30. The molecular formula is C12H22ClNO2. The zero-order valence-corrected chi connectivity index (χ0v) is 11.2. The quantitative estimate of drug-likeness (QED) is 0.714. The molecule has 3 nitrogen and oxygen atoms in total. The molecule has 0 aromatic heterocycles. The van der Waals surface area contributed by atoms with Gasteiger partial charge in [-0.25, -0.2) is 0 Å². The van der Waals surface area contributed by atoms with Crippen molar-refractivity contribution in [3.63, 3.8) is 0 Å². The lowest BCUT2D eigenvalue weighted by Gasteiger charge is -2.36. The molecule has 2 atom stereocenters. The molecule has 0 radical (unpaired) electrons. The fourth-order valence-corrected chi connectivity index (χ4v) is 2.07. The van der Waals surface area contributed by atoms with Crippen LogP contribution in [0.25, 0.3) is 0 Å². The molecule has 0 aromatic rings. The first-order valence-electron chi connectivity index (χ1n) is 6.02. The van der Waals surface area contributed by atoms with Gasteiger partial charge >= 0.3 is 0 Å². The molecule has 1 saturated heterocycles. The van der Waals surface area contributed by atoms with E-state index in [1.807, 2.05) is 11.8 Å². The monoisotopic (exact) mass is 247 g/mol. The third-order valence-corrected chi connectivity index (χ3v) is 3.13. The van der Waals surface area contributed by atoms with Crippen LogP contribution in [0.4, 0.5) is 0 Å². The molecule has 0 aliphatic carbocycles. The molecule has 1 aliphatic rings. The van der Waals surface area contributed by atoms with Crippen molar-refractivity contribution in [2.75, 3.05) is 19.0 Å². The Hall–Kier alpha value is -0.280. The van der Waals surface area contributed by atoms with Gasteiger partial charge in [-0.2, -0.15) is 0 Å². The number of rotatable bonds is 4. The van der Waals surface area contributed by atoms with Gasteiger partial charge in [-0.15, -0.1) is 11.6 Å². The van der Waals surface area contributed by atoms with Crippen molar-refractivity contribution in [1.82, 2.24) is 4.90 Å². The van der Waals surface area contributed by atoms with E-state index in [-0.39, 0.29) is 18.1 Å². The first-order valence-corrected chi connectivity index (χ1v) is 6.55. The molecule has 1 rings (SSSR count). The lowest BCUT2D eigenvalue weighted by atomic mass is 10.1. The summed E-state index contributed by atoms with van der Waals surface area (Å²) in [5.41, 5.74) is 0. The number of morpholine rings is 1. The van der Waals surface area contributed by atoms with E-state index in [0.29, 0.717) is 31.3 Å². The minimum atomic E-state index is -0.00610. The normalized spacial score (nSPS) is 26.2. The molecule has 0 bridgehead atoms. The molecule has 0 spiro atoms. The second kappa shape index (κ2) is 6.45. The summed E-state index contributed by atoms with van der Waals surface area (Å²) in [7, 11) is 0. The van der Waals surface area contributed by atoms with E-state index in [9.17, 15) is 4.79 Å². The van der Waals surface area contributed by atoms with Crippen LogP contribution < -0.4 is 0 Å². The molecule has 1 aliphatic heterocycles. The first-order chi connectivity index (χ1) is 7.52. The summed E-state index contributed by atoms with van der Waals surface area (Å²) in [6.07, 6.45) is 1.68. The maximum atomic E-state index is 11.9. The van der Waals surface area contributed by atoms with Gasteiger partial charge < -0.3 is 9.64 Å². The minimum Gasteiger partial charge on any atom is -0.370 e. The van der Waals surface area contributed by atoms with Crippen LogP contribution >= 0.6 is 11.6 Å². The molecule has 0 aromatic carbocycles. The number of amides is 1. The van der Waals surface area contributed by atoms with Gasteiger partial charge in [0.1, 0.15) is 0 Å². The van der Waals surface area contributed by atoms with E-state index < -0.39 is 0 Å². The molecule has 0 N–H and O–H groups in total. The van der Waals surface area contributed by atoms with Crippen molar-refractivity contribution >= 4 is 17.5 Å². The average Bonchev–Trinajstić information content (AvgIpc) is 2.24. The van der Waals surface area contributed by atoms with Gasteiger partial charge in [0, 0.05) is 19.5 Å². The molecule has 16 heavy (non-hydrogen) atoms. The third-order valence-electron chi connectivity index (χ3n) is 2.79. The molecule has 1 amide bonds. The van der Waals surface area contributed by atoms with Gasteiger partial charge in [0.05, 0.1) is 18.1 Å². The summed E-state index contributed by atoms with van der Waals surface area (Å²) in [4.78, 5) is 13.8. The smallest absolute Gasteiger partial charge is 0.222 e. The van der Waals surface area contributed by atoms with Crippen molar-refractivity contribution in [2.45, 2.75) is 45.8 Å². The lowest BCUT2D eigenvalue weighted by Crippen LogP contribution is -2.49. The maximum Gasteiger partial charge on any atom is 0.222 e. The van der Waals surface area contributed by atoms with Crippen LogP contribution in [0.3, 0.4) is 0 Å². The summed E-state index contributed by atoms with van der Waals surface area (Å²) in [6.45, 7) is 7.60. The molecule has 94 valence electrons. The van der Waals surface area contributed by atoms with E-state index in [1.54, 1.807) is 0 Å². The Balaban J connectivity index is 2.42. The molecule has 4 heteroatoms. The summed E-state index contributed by atoms with van der Waals surface area (Å²) in [5, 5.41) is 0. The highest BCUT2D eigenvalue weighted by atomic mass is 35.5. The molecule has 1 heterocycles. The van der Waals surface area contributed by atoms with E-state index >= 15 is 0 Å². The zero-order chi connectivity index (χ0) is 12.1. The number of carbonyl (C=O) groups is 1. The van der Waals surface area contributed by atoms with Gasteiger partial charge in [-0.05, 0) is 19.3 Å². The van der Waals surface area contributed by atoms with Crippen molar-refractivity contribution < 1.29 is 9.53 Å². The van der Waals surface area contributed by atoms with Gasteiger partial charge in [0.25, 0.3) is 0 Å². The maximum absolute atomic E-state index is 11.9. The van der Waals surface area contributed by atoms with Crippen molar-refractivity contribution in [3.8, 4) is 0 Å². The summed E-state index contributed by atoms with van der Waals surface area (Å²) in [5.74, 6) is 1.27. The fraction of sp³-hybridized carbons (Fsp3) is 0.917. The van der Waals surface area contributed by atoms with Gasteiger partial charge in [-0.3, -0.25) is 4.79 Å². The number of hydrogen-bond donors (Lipinski definition) is 0. The van der Waals surface area contributed by atoms with Crippen LogP contribution in [0.15, 0.2) is 0 Å². The second-order valence-corrected chi connectivity index (χ2v) is 5.26. The Kier molecular flexibility index (Phi) is 5.56. The van der Waals surface area contributed by atoms with E-state index in [0.717, 1.165) is 6.42 Å². The largest absolute Gasteiger partial charge is 0.370 e. The Morgan fingerprint density at radius 3 is 2.75 bits per heavy atom. The van der Waals surface area contributed by atoms with Crippen LogP contribution in [-0.2, 0) is 9.53 Å². The second-order valence-electron chi connectivity index (χ2n) is 4.95. The molecular weight excluding hydrogens is 226 g/mol. The Labute approximate surface area is 103 Å². The number of nitrogens with zero attached hydrogens (tertiary/aromatic N) is 1. The average molecular weight is 248 g/mol. The number of carbonyl (C=O) groups excluding carboxylic acids is 1. The Bertz CT molecular complexity index is 233. The summed E-state index contributed by atoms with van der Waals surface area (Å²) in [6, 6.07) is 0. The number of alkyl halides is 1. The van der Waals surface area contributed by atoms with Crippen molar-refractivity contribution in [2.24, 2.45) is 5.92 Å². The van der Waals surface area contributed by atoms with Crippen molar-refractivity contribution in [1.29, 1.82) is 0 Å². The highest BCUT2D eigenvalue weighted by molar-refractivity contribution is 6.18. The van der Waals surface area contributed by atoms with Gasteiger partial charge in [-0.1, -0.05) is 13.8 Å². The predicted octanol–water partition coefficient (Wildman–Crippen LogP) is 2.28. The minimum absolute atomic E-state index is 0.00610. The fourth-order valence-electron chi connectivity index (χ4n) is 1.90. The van der Waals surface area contributed by atoms with Gasteiger partial charge in [0.2, 0.25) is 5.91 Å². The number of halogens is 1. The zero-order valence-electron chi connectivity index (χ0n) is 10.4. The van der Waals surface area contributed by atoms with Crippen LogP contribution in [0.5, 0.6) is 0 Å². The van der Waals surface area contributed by atoms with Gasteiger partial charge in [0.15, 0.2) is 0 Å². The SMILES string of the molecule is CC(C)CCC(=O)N1CC(C)OC(CCl)C1. The number of ether oxygens (including phenoxy) is 1. The highest BCUT2D eigenvalue weighted by Crippen LogP contribution is 2.15. The topological polar surface area (TPSA) is 29.5 Å². The first kappa shape index (κ1) is 13.8. The predicted molar refractivity (Wildman–Crippen MR) is 65.7 cm³/mol. The lowest BCUT2D eigenvalue weighted by molar-refractivity contribution is -0.143. The van der Waals surface area contributed by atoms with E-state index in [1.165, 1.54) is 0 Å².